The molecule has 3 heterocycles. The average Bonchev–Trinajstić information content (AvgIpc) is 2.98. The minimum atomic E-state index is -0.169. The number of thioether (sulfide) groups is 1. The van der Waals surface area contributed by atoms with Crippen LogP contribution in [0.2, 0.25) is 0 Å². The fourth-order valence-electron chi connectivity index (χ4n) is 4.39. The monoisotopic (exact) mass is 427 g/mol. The number of hydrogen-bond donors (Lipinski definition) is 0. The summed E-state index contributed by atoms with van der Waals surface area (Å²) in [5, 5.41) is 9.71. The van der Waals surface area contributed by atoms with E-state index in [1.165, 1.54) is 43.9 Å². The van der Waals surface area contributed by atoms with Gasteiger partial charge in [-0.05, 0) is 57.8 Å². The highest BCUT2D eigenvalue weighted by Crippen LogP contribution is 2.28. The molecule has 1 aromatic heterocycles. The van der Waals surface area contributed by atoms with E-state index in [9.17, 15) is 4.79 Å². The molecule has 0 N–H and O–H groups in total. The first-order chi connectivity index (χ1) is 14.7. The number of nitrogens with zero attached hydrogens (tertiary/aromatic N) is 5. The van der Waals surface area contributed by atoms with Gasteiger partial charge in [-0.1, -0.05) is 49.2 Å². The number of likely N-dealkylation sites (tertiary alicyclic amines) is 2. The van der Waals surface area contributed by atoms with Crippen molar-refractivity contribution < 1.29 is 4.79 Å². The van der Waals surface area contributed by atoms with Gasteiger partial charge in [0.25, 0.3) is 0 Å². The molecule has 1 amide bonds. The van der Waals surface area contributed by atoms with Crippen molar-refractivity contribution in [3.8, 4) is 5.69 Å². The molecule has 2 fully saturated rings. The van der Waals surface area contributed by atoms with Gasteiger partial charge in [0.05, 0.1) is 11.8 Å². The van der Waals surface area contributed by atoms with Gasteiger partial charge in [-0.25, -0.2) is 0 Å². The van der Waals surface area contributed by atoms with E-state index in [1.807, 2.05) is 30.0 Å². The van der Waals surface area contributed by atoms with E-state index in [2.05, 4.69) is 31.8 Å². The first-order valence-corrected chi connectivity index (χ1v) is 12.3. The molecule has 0 bridgehead atoms. The van der Waals surface area contributed by atoms with Crippen LogP contribution in [0, 0.1) is 0 Å². The van der Waals surface area contributed by atoms with Gasteiger partial charge in [-0.15, -0.1) is 10.2 Å². The average molecular weight is 428 g/mol. The Morgan fingerprint density at radius 1 is 0.933 bits per heavy atom. The SMILES string of the molecule is CC(Sc1nnc(CN2CCCCC2)n1-c1ccccc1)C(=O)N1CCCCCC1. The highest BCUT2D eigenvalue weighted by molar-refractivity contribution is 8.00. The molecule has 2 aliphatic rings. The number of rotatable bonds is 6. The molecule has 162 valence electrons. The maximum Gasteiger partial charge on any atom is 0.235 e. The molecule has 2 aliphatic heterocycles. The van der Waals surface area contributed by atoms with Crippen LogP contribution in [0.15, 0.2) is 35.5 Å². The van der Waals surface area contributed by atoms with Gasteiger partial charge in [0, 0.05) is 18.8 Å². The quantitative estimate of drug-likeness (QED) is 0.649. The van der Waals surface area contributed by atoms with Crippen LogP contribution in [0.1, 0.15) is 57.7 Å². The molecule has 1 aromatic carbocycles. The Morgan fingerprint density at radius 2 is 1.57 bits per heavy atom. The smallest absolute Gasteiger partial charge is 0.235 e. The van der Waals surface area contributed by atoms with Gasteiger partial charge < -0.3 is 4.90 Å². The van der Waals surface area contributed by atoms with Crippen LogP contribution >= 0.6 is 11.8 Å². The molecule has 1 unspecified atom stereocenters. The minimum absolute atomic E-state index is 0.169. The summed E-state index contributed by atoms with van der Waals surface area (Å²) < 4.78 is 2.14. The van der Waals surface area contributed by atoms with Gasteiger partial charge in [-0.3, -0.25) is 14.3 Å². The molecule has 0 spiro atoms. The van der Waals surface area contributed by atoms with Gasteiger partial charge in [0.1, 0.15) is 0 Å². The number of aromatic nitrogens is 3. The van der Waals surface area contributed by atoms with Crippen molar-refractivity contribution in [2.45, 2.75) is 68.8 Å². The Balaban J connectivity index is 1.53. The third-order valence-electron chi connectivity index (χ3n) is 6.08. The highest BCUT2D eigenvalue weighted by atomic mass is 32.2. The molecule has 30 heavy (non-hydrogen) atoms. The van der Waals surface area contributed by atoms with Crippen molar-refractivity contribution in [3.63, 3.8) is 0 Å². The van der Waals surface area contributed by atoms with Crippen molar-refractivity contribution in [1.82, 2.24) is 24.6 Å². The van der Waals surface area contributed by atoms with Crippen LogP contribution in [0.3, 0.4) is 0 Å². The number of hydrogen-bond acceptors (Lipinski definition) is 5. The molecular formula is C23H33N5OS. The maximum absolute atomic E-state index is 13.1. The maximum atomic E-state index is 13.1. The van der Waals surface area contributed by atoms with Crippen molar-refractivity contribution in [1.29, 1.82) is 0 Å². The first kappa shape index (κ1) is 21.4. The van der Waals surface area contributed by atoms with Crippen molar-refractivity contribution in [2.75, 3.05) is 26.2 Å². The third kappa shape index (κ3) is 5.24. The molecule has 1 atom stereocenters. The molecule has 2 saturated heterocycles. The highest BCUT2D eigenvalue weighted by Gasteiger charge is 2.26. The van der Waals surface area contributed by atoms with Crippen molar-refractivity contribution in [2.24, 2.45) is 0 Å². The predicted octanol–water partition coefficient (Wildman–Crippen LogP) is 4.14. The molecular weight excluding hydrogens is 394 g/mol. The van der Waals surface area contributed by atoms with Gasteiger partial charge in [0.2, 0.25) is 5.91 Å². The lowest BCUT2D eigenvalue weighted by molar-refractivity contribution is -0.130. The lowest BCUT2D eigenvalue weighted by Crippen LogP contribution is -2.37. The number of carbonyl (C=O) groups is 1. The zero-order chi connectivity index (χ0) is 20.8. The van der Waals surface area contributed by atoms with Gasteiger partial charge in [0.15, 0.2) is 11.0 Å². The number of benzene rings is 1. The Bertz CT molecular complexity index is 810. The van der Waals surface area contributed by atoms with E-state index in [0.29, 0.717) is 0 Å². The molecule has 0 radical (unpaired) electrons. The summed E-state index contributed by atoms with van der Waals surface area (Å²) in [6, 6.07) is 10.3. The first-order valence-electron chi connectivity index (χ1n) is 11.4. The van der Waals surface area contributed by atoms with Crippen LogP contribution in [-0.2, 0) is 11.3 Å². The zero-order valence-electron chi connectivity index (χ0n) is 18.0. The second kappa shape index (κ2) is 10.4. The second-order valence-electron chi connectivity index (χ2n) is 8.41. The van der Waals surface area contributed by atoms with E-state index in [0.717, 1.165) is 62.2 Å². The van der Waals surface area contributed by atoms with E-state index < -0.39 is 0 Å². The zero-order valence-corrected chi connectivity index (χ0v) is 18.8. The minimum Gasteiger partial charge on any atom is -0.342 e. The Labute approximate surface area is 184 Å². The summed E-state index contributed by atoms with van der Waals surface area (Å²) in [7, 11) is 0. The van der Waals surface area contributed by atoms with Crippen LogP contribution in [0.5, 0.6) is 0 Å². The standard InChI is InChI=1S/C23H33N5OS/c1-19(22(29)27-16-10-2-3-11-17-27)30-23-25-24-21(18-26-14-8-5-9-15-26)28(23)20-12-6-4-7-13-20/h4,6-7,12-13,19H,2-3,5,8-11,14-18H2,1H3. The summed E-state index contributed by atoms with van der Waals surface area (Å²) >= 11 is 1.54. The normalized spacial score (nSPS) is 19.4. The summed E-state index contributed by atoms with van der Waals surface area (Å²) in [6.45, 7) is 6.82. The van der Waals surface area contributed by atoms with Crippen LogP contribution in [-0.4, -0.2) is 61.9 Å². The van der Waals surface area contributed by atoms with E-state index >= 15 is 0 Å². The molecule has 7 heteroatoms. The molecule has 4 rings (SSSR count). The Kier molecular flexibility index (Phi) is 7.44. The fraction of sp³-hybridized carbons (Fsp3) is 0.609. The number of carbonyl (C=O) groups excluding carboxylic acids is 1. The lowest BCUT2D eigenvalue weighted by atomic mass is 10.1. The van der Waals surface area contributed by atoms with Crippen LogP contribution in [0.25, 0.3) is 5.69 Å². The van der Waals surface area contributed by atoms with Crippen LogP contribution < -0.4 is 0 Å². The topological polar surface area (TPSA) is 54.3 Å². The molecule has 0 saturated carbocycles. The summed E-state index contributed by atoms with van der Waals surface area (Å²) in [5.41, 5.74) is 1.06. The van der Waals surface area contributed by atoms with Crippen molar-refractivity contribution in [3.05, 3.63) is 36.2 Å². The Morgan fingerprint density at radius 3 is 2.27 bits per heavy atom. The second-order valence-corrected chi connectivity index (χ2v) is 9.71. The molecule has 2 aromatic rings. The van der Waals surface area contributed by atoms with Crippen LogP contribution in [0.4, 0.5) is 0 Å². The Hall–Kier alpha value is -1.86. The van der Waals surface area contributed by atoms with Crippen molar-refractivity contribution >= 4 is 17.7 Å². The molecule has 6 nitrogen and oxygen atoms in total. The largest absolute Gasteiger partial charge is 0.342 e. The van der Waals surface area contributed by atoms with Gasteiger partial charge >= 0.3 is 0 Å². The lowest BCUT2D eigenvalue weighted by Gasteiger charge is -2.26. The fourth-order valence-corrected chi connectivity index (χ4v) is 5.36. The number of piperidine rings is 1. The number of amides is 1. The summed E-state index contributed by atoms with van der Waals surface area (Å²) in [5.74, 6) is 1.18. The van der Waals surface area contributed by atoms with E-state index in [4.69, 9.17) is 0 Å². The summed E-state index contributed by atoms with van der Waals surface area (Å²) in [4.78, 5) is 17.6. The van der Waals surface area contributed by atoms with E-state index in [1.54, 1.807) is 0 Å². The number of para-hydroxylation sites is 1. The summed E-state index contributed by atoms with van der Waals surface area (Å²) in [6.07, 6.45) is 8.51. The van der Waals surface area contributed by atoms with Gasteiger partial charge in [-0.2, -0.15) is 0 Å². The predicted molar refractivity (Wildman–Crippen MR) is 121 cm³/mol. The third-order valence-corrected chi connectivity index (χ3v) is 7.11. The van der Waals surface area contributed by atoms with E-state index in [-0.39, 0.29) is 11.2 Å². The molecule has 0 aliphatic carbocycles.